The van der Waals surface area contributed by atoms with Crippen LogP contribution in [0.15, 0.2) is 60.0 Å². The Morgan fingerprint density at radius 3 is 2.59 bits per heavy atom. The standard InChI is InChI=1S/C22H23N7O3/c1-31-13-20(30)27-16-8-6-15(7-9-16)12-26-29-22-19(11-23)21(24-14-25-22)28-17-4-3-5-18(10-17)32-2/h3-12,14,23H,13H2,1-2H3,(H,27,30)(H2,24,25,28,29)/b23-11?,26-12+. The van der Waals surface area contributed by atoms with E-state index in [1.54, 1.807) is 37.6 Å². The molecule has 0 unspecified atom stereocenters. The second-order valence-electron chi connectivity index (χ2n) is 6.46. The van der Waals surface area contributed by atoms with Crippen molar-refractivity contribution in [3.05, 3.63) is 66.0 Å². The predicted molar refractivity (Wildman–Crippen MR) is 124 cm³/mol. The van der Waals surface area contributed by atoms with E-state index in [2.05, 4.69) is 31.1 Å². The number of anilines is 4. The van der Waals surface area contributed by atoms with Crippen LogP contribution in [-0.2, 0) is 9.53 Å². The molecule has 32 heavy (non-hydrogen) atoms. The first-order valence-electron chi connectivity index (χ1n) is 9.57. The fourth-order valence-electron chi connectivity index (χ4n) is 2.71. The van der Waals surface area contributed by atoms with Gasteiger partial charge < -0.3 is 25.5 Å². The number of rotatable bonds is 10. The molecule has 1 heterocycles. The molecule has 1 amide bonds. The molecule has 0 aliphatic rings. The molecule has 0 fully saturated rings. The Kier molecular flexibility index (Phi) is 7.82. The summed E-state index contributed by atoms with van der Waals surface area (Å²) in [5.41, 5.74) is 5.52. The minimum atomic E-state index is -0.225. The number of ether oxygens (including phenoxy) is 2. The summed E-state index contributed by atoms with van der Waals surface area (Å²) in [5, 5.41) is 17.8. The van der Waals surface area contributed by atoms with Crippen LogP contribution in [0.5, 0.6) is 5.75 Å². The van der Waals surface area contributed by atoms with E-state index in [0.29, 0.717) is 28.6 Å². The lowest BCUT2D eigenvalue weighted by atomic mass is 10.2. The molecule has 0 aliphatic carbocycles. The van der Waals surface area contributed by atoms with Gasteiger partial charge in [0.15, 0.2) is 5.82 Å². The SMILES string of the molecule is COCC(=O)Nc1ccc(/C=N/Nc2ncnc(Nc3cccc(OC)c3)c2C=N)cc1. The monoisotopic (exact) mass is 433 g/mol. The van der Waals surface area contributed by atoms with Crippen LogP contribution in [0.25, 0.3) is 0 Å². The minimum Gasteiger partial charge on any atom is -0.497 e. The van der Waals surface area contributed by atoms with Crippen LogP contribution in [0.3, 0.4) is 0 Å². The van der Waals surface area contributed by atoms with Crippen molar-refractivity contribution in [2.75, 3.05) is 36.9 Å². The van der Waals surface area contributed by atoms with Gasteiger partial charge in [0.2, 0.25) is 5.91 Å². The number of hydrazone groups is 1. The molecule has 4 N–H and O–H groups in total. The third-order valence-electron chi connectivity index (χ3n) is 4.21. The van der Waals surface area contributed by atoms with Gasteiger partial charge in [0.25, 0.3) is 0 Å². The van der Waals surface area contributed by atoms with E-state index in [1.165, 1.54) is 13.4 Å². The van der Waals surface area contributed by atoms with E-state index < -0.39 is 0 Å². The molecule has 0 spiro atoms. The molecule has 1 aromatic heterocycles. The highest BCUT2D eigenvalue weighted by Crippen LogP contribution is 2.24. The average Bonchev–Trinajstić information content (AvgIpc) is 2.81. The van der Waals surface area contributed by atoms with Crippen molar-refractivity contribution in [2.45, 2.75) is 0 Å². The van der Waals surface area contributed by atoms with Gasteiger partial charge in [0.05, 0.1) is 18.9 Å². The Hall–Kier alpha value is -4.31. The van der Waals surface area contributed by atoms with E-state index >= 15 is 0 Å². The summed E-state index contributed by atoms with van der Waals surface area (Å²) in [6.07, 6.45) is 4.13. The van der Waals surface area contributed by atoms with Crippen molar-refractivity contribution >= 4 is 41.3 Å². The summed E-state index contributed by atoms with van der Waals surface area (Å²) in [4.78, 5) is 19.9. The molecular formula is C22H23N7O3. The minimum absolute atomic E-state index is 0.00389. The maximum absolute atomic E-state index is 11.5. The van der Waals surface area contributed by atoms with Crippen LogP contribution in [0, 0.1) is 5.41 Å². The quantitative estimate of drug-likeness (QED) is 0.285. The van der Waals surface area contributed by atoms with E-state index in [4.69, 9.17) is 14.9 Å². The number of hydrogen-bond acceptors (Lipinski definition) is 9. The van der Waals surface area contributed by atoms with E-state index in [9.17, 15) is 4.79 Å². The Bertz CT molecular complexity index is 1100. The molecule has 0 radical (unpaired) electrons. The van der Waals surface area contributed by atoms with Gasteiger partial charge in [0, 0.05) is 30.8 Å². The van der Waals surface area contributed by atoms with Gasteiger partial charge in [-0.3, -0.25) is 10.2 Å². The lowest BCUT2D eigenvalue weighted by Gasteiger charge is -2.11. The predicted octanol–water partition coefficient (Wildman–Crippen LogP) is 3.26. The average molecular weight is 433 g/mol. The third-order valence-corrected chi connectivity index (χ3v) is 4.21. The molecular weight excluding hydrogens is 410 g/mol. The first kappa shape index (κ1) is 22.4. The summed E-state index contributed by atoms with van der Waals surface area (Å²) in [6.45, 7) is -0.00389. The molecule has 0 bridgehead atoms. The zero-order valence-electron chi connectivity index (χ0n) is 17.6. The van der Waals surface area contributed by atoms with Crippen molar-refractivity contribution in [3.63, 3.8) is 0 Å². The number of methoxy groups -OCH3 is 2. The number of aromatic nitrogens is 2. The van der Waals surface area contributed by atoms with Gasteiger partial charge in [-0.15, -0.1) is 0 Å². The van der Waals surface area contributed by atoms with E-state index in [1.807, 2.05) is 24.3 Å². The topological polar surface area (TPSA) is 134 Å². The van der Waals surface area contributed by atoms with Crippen molar-refractivity contribution in [1.29, 1.82) is 5.41 Å². The van der Waals surface area contributed by atoms with Crippen molar-refractivity contribution < 1.29 is 14.3 Å². The molecule has 2 aromatic carbocycles. The largest absolute Gasteiger partial charge is 0.497 e. The second kappa shape index (κ2) is 11.2. The van der Waals surface area contributed by atoms with Crippen LogP contribution < -0.4 is 20.8 Å². The number of carbonyl (C=O) groups excluding carboxylic acids is 1. The molecule has 3 aromatic rings. The van der Waals surface area contributed by atoms with Crippen molar-refractivity contribution in [1.82, 2.24) is 9.97 Å². The van der Waals surface area contributed by atoms with Gasteiger partial charge in [-0.05, 0) is 29.8 Å². The van der Waals surface area contributed by atoms with E-state index in [0.717, 1.165) is 17.5 Å². The second-order valence-corrected chi connectivity index (χ2v) is 6.46. The Balaban J connectivity index is 1.68. The molecule has 0 atom stereocenters. The lowest BCUT2D eigenvalue weighted by molar-refractivity contribution is -0.119. The van der Waals surface area contributed by atoms with Crippen molar-refractivity contribution in [3.8, 4) is 5.75 Å². The number of carbonyl (C=O) groups is 1. The molecule has 10 heteroatoms. The lowest BCUT2D eigenvalue weighted by Crippen LogP contribution is -2.16. The van der Waals surface area contributed by atoms with E-state index in [-0.39, 0.29) is 12.5 Å². The number of amides is 1. The third kappa shape index (κ3) is 6.09. The van der Waals surface area contributed by atoms with Gasteiger partial charge in [-0.1, -0.05) is 18.2 Å². The Labute approximate surface area is 185 Å². The van der Waals surface area contributed by atoms with Crippen LogP contribution >= 0.6 is 0 Å². The zero-order valence-corrected chi connectivity index (χ0v) is 17.6. The molecule has 3 rings (SSSR count). The molecule has 0 aliphatic heterocycles. The highest BCUT2D eigenvalue weighted by Gasteiger charge is 2.10. The van der Waals surface area contributed by atoms with Crippen LogP contribution in [0.2, 0.25) is 0 Å². The fourth-order valence-corrected chi connectivity index (χ4v) is 2.71. The number of nitrogens with one attached hydrogen (secondary N) is 4. The normalized spacial score (nSPS) is 10.6. The molecule has 0 saturated carbocycles. The van der Waals surface area contributed by atoms with Gasteiger partial charge in [-0.25, -0.2) is 9.97 Å². The summed E-state index contributed by atoms with van der Waals surface area (Å²) >= 11 is 0. The van der Waals surface area contributed by atoms with Crippen LogP contribution in [0.4, 0.5) is 23.0 Å². The maximum Gasteiger partial charge on any atom is 0.250 e. The van der Waals surface area contributed by atoms with Crippen LogP contribution in [-0.4, -0.2) is 49.1 Å². The van der Waals surface area contributed by atoms with Crippen molar-refractivity contribution in [2.24, 2.45) is 5.10 Å². The summed E-state index contributed by atoms with van der Waals surface area (Å²) < 4.78 is 10.0. The fraction of sp³-hybridized carbons (Fsp3) is 0.136. The highest BCUT2D eigenvalue weighted by atomic mass is 16.5. The molecule has 10 nitrogen and oxygen atoms in total. The smallest absolute Gasteiger partial charge is 0.250 e. The maximum atomic E-state index is 11.5. The van der Waals surface area contributed by atoms with Gasteiger partial charge in [0.1, 0.15) is 24.5 Å². The van der Waals surface area contributed by atoms with Gasteiger partial charge in [-0.2, -0.15) is 5.10 Å². The number of hydrogen-bond donors (Lipinski definition) is 4. The first-order valence-corrected chi connectivity index (χ1v) is 9.57. The Morgan fingerprint density at radius 1 is 1.09 bits per heavy atom. The number of nitrogens with zero attached hydrogens (tertiary/aromatic N) is 3. The number of benzene rings is 2. The summed E-state index contributed by atoms with van der Waals surface area (Å²) in [5.74, 6) is 1.31. The summed E-state index contributed by atoms with van der Waals surface area (Å²) in [7, 11) is 3.06. The first-order chi connectivity index (χ1) is 15.6. The van der Waals surface area contributed by atoms with Crippen LogP contribution in [0.1, 0.15) is 11.1 Å². The summed E-state index contributed by atoms with van der Waals surface area (Å²) in [6, 6.07) is 14.5. The Morgan fingerprint density at radius 2 is 1.88 bits per heavy atom. The van der Waals surface area contributed by atoms with Gasteiger partial charge >= 0.3 is 0 Å². The highest BCUT2D eigenvalue weighted by molar-refractivity contribution is 5.93. The molecule has 164 valence electrons. The zero-order chi connectivity index (χ0) is 22.8. The molecule has 0 saturated heterocycles.